The SMILES string of the molecule is CC(=O)C1CCCCC1.c1ccncc1. The van der Waals surface area contributed by atoms with E-state index in [1.807, 2.05) is 18.2 Å². The van der Waals surface area contributed by atoms with Crippen molar-refractivity contribution in [1.29, 1.82) is 0 Å². The van der Waals surface area contributed by atoms with Gasteiger partial charge in [-0.1, -0.05) is 25.3 Å². The second-order valence-corrected chi connectivity index (χ2v) is 3.97. The third kappa shape index (κ3) is 5.31. The number of nitrogens with zero attached hydrogens (tertiary/aromatic N) is 1. The molecule has 2 rings (SSSR count). The van der Waals surface area contributed by atoms with E-state index in [0.717, 1.165) is 12.8 Å². The second-order valence-electron chi connectivity index (χ2n) is 3.97. The quantitative estimate of drug-likeness (QED) is 0.704. The largest absolute Gasteiger partial charge is 0.300 e. The minimum Gasteiger partial charge on any atom is -0.300 e. The molecule has 1 aliphatic rings. The van der Waals surface area contributed by atoms with Crippen LogP contribution in [0.1, 0.15) is 39.0 Å². The smallest absolute Gasteiger partial charge is 0.132 e. The highest BCUT2D eigenvalue weighted by Crippen LogP contribution is 2.23. The summed E-state index contributed by atoms with van der Waals surface area (Å²) < 4.78 is 0. The van der Waals surface area contributed by atoms with E-state index < -0.39 is 0 Å². The van der Waals surface area contributed by atoms with Crippen LogP contribution < -0.4 is 0 Å². The van der Waals surface area contributed by atoms with Gasteiger partial charge in [-0.05, 0) is 31.9 Å². The Labute approximate surface area is 91.7 Å². The highest BCUT2D eigenvalue weighted by molar-refractivity contribution is 5.78. The monoisotopic (exact) mass is 205 g/mol. The van der Waals surface area contributed by atoms with Gasteiger partial charge in [0.25, 0.3) is 0 Å². The number of hydrogen-bond acceptors (Lipinski definition) is 2. The molecule has 0 amide bonds. The number of pyridine rings is 1. The number of hydrogen-bond donors (Lipinski definition) is 0. The third-order valence-corrected chi connectivity index (χ3v) is 2.75. The molecule has 1 aromatic rings. The molecule has 0 unspecified atom stereocenters. The zero-order valence-electron chi connectivity index (χ0n) is 9.36. The summed E-state index contributed by atoms with van der Waals surface area (Å²) in [4.78, 5) is 14.6. The van der Waals surface area contributed by atoms with Crippen LogP contribution in [-0.4, -0.2) is 10.8 Å². The lowest BCUT2D eigenvalue weighted by molar-refractivity contribution is -0.121. The third-order valence-electron chi connectivity index (χ3n) is 2.75. The molecule has 0 atom stereocenters. The lowest BCUT2D eigenvalue weighted by atomic mass is 9.87. The van der Waals surface area contributed by atoms with Crippen LogP contribution in [0.5, 0.6) is 0 Å². The Morgan fingerprint density at radius 2 is 1.67 bits per heavy atom. The topological polar surface area (TPSA) is 30.0 Å². The van der Waals surface area contributed by atoms with Crippen molar-refractivity contribution in [1.82, 2.24) is 4.98 Å². The fourth-order valence-corrected chi connectivity index (χ4v) is 1.82. The predicted molar refractivity (Wildman–Crippen MR) is 61.5 cm³/mol. The maximum atomic E-state index is 10.8. The van der Waals surface area contributed by atoms with Gasteiger partial charge in [-0.25, -0.2) is 0 Å². The van der Waals surface area contributed by atoms with E-state index >= 15 is 0 Å². The summed E-state index contributed by atoms with van der Waals surface area (Å²) in [5, 5.41) is 0. The minimum atomic E-state index is 0.398. The average molecular weight is 205 g/mol. The van der Waals surface area contributed by atoms with Crippen molar-refractivity contribution in [2.24, 2.45) is 5.92 Å². The fourth-order valence-electron chi connectivity index (χ4n) is 1.82. The van der Waals surface area contributed by atoms with Gasteiger partial charge in [0.05, 0.1) is 0 Å². The first-order valence-corrected chi connectivity index (χ1v) is 5.66. The molecule has 1 aliphatic carbocycles. The normalized spacial score (nSPS) is 16.3. The molecule has 0 saturated heterocycles. The van der Waals surface area contributed by atoms with E-state index in [4.69, 9.17) is 0 Å². The molecular weight excluding hydrogens is 186 g/mol. The molecule has 0 radical (unpaired) electrons. The first kappa shape index (κ1) is 11.9. The van der Waals surface area contributed by atoms with Gasteiger partial charge in [0.1, 0.15) is 5.78 Å². The van der Waals surface area contributed by atoms with Gasteiger partial charge in [0.2, 0.25) is 0 Å². The van der Waals surface area contributed by atoms with Crippen molar-refractivity contribution in [2.45, 2.75) is 39.0 Å². The number of Topliss-reactive ketones (excluding diaryl/α,β-unsaturated/α-hetero) is 1. The summed E-state index contributed by atoms with van der Waals surface area (Å²) in [6, 6.07) is 5.72. The first-order valence-electron chi connectivity index (χ1n) is 5.66. The number of carbonyl (C=O) groups excluding carboxylic acids is 1. The van der Waals surface area contributed by atoms with Gasteiger partial charge in [-0.2, -0.15) is 0 Å². The minimum absolute atomic E-state index is 0.398. The van der Waals surface area contributed by atoms with Crippen molar-refractivity contribution in [3.63, 3.8) is 0 Å². The molecule has 2 nitrogen and oxygen atoms in total. The molecule has 82 valence electrons. The molecule has 0 aromatic carbocycles. The molecular formula is C13H19NO. The van der Waals surface area contributed by atoms with Gasteiger partial charge in [0.15, 0.2) is 0 Å². The van der Waals surface area contributed by atoms with Crippen LogP contribution in [0.2, 0.25) is 0 Å². The molecule has 0 spiro atoms. The Bertz CT molecular complexity index is 238. The van der Waals surface area contributed by atoms with Gasteiger partial charge < -0.3 is 0 Å². The Balaban J connectivity index is 0.000000162. The molecule has 1 saturated carbocycles. The molecule has 0 bridgehead atoms. The average Bonchev–Trinajstić information content (AvgIpc) is 2.33. The van der Waals surface area contributed by atoms with E-state index in [2.05, 4.69) is 4.98 Å². The maximum absolute atomic E-state index is 10.8. The van der Waals surface area contributed by atoms with Crippen molar-refractivity contribution in [3.8, 4) is 0 Å². The van der Waals surface area contributed by atoms with Gasteiger partial charge in [-0.15, -0.1) is 0 Å². The van der Waals surface area contributed by atoms with Crippen LogP contribution in [0.3, 0.4) is 0 Å². The zero-order valence-corrected chi connectivity index (χ0v) is 9.36. The van der Waals surface area contributed by atoms with E-state index in [9.17, 15) is 4.79 Å². The molecule has 1 aromatic heterocycles. The zero-order chi connectivity index (χ0) is 10.9. The van der Waals surface area contributed by atoms with Crippen LogP contribution in [0.15, 0.2) is 30.6 Å². The van der Waals surface area contributed by atoms with Crippen LogP contribution in [0.25, 0.3) is 0 Å². The summed E-state index contributed by atoms with van der Waals surface area (Å²) >= 11 is 0. The van der Waals surface area contributed by atoms with Crippen LogP contribution in [0.4, 0.5) is 0 Å². The Morgan fingerprint density at radius 1 is 1.07 bits per heavy atom. The van der Waals surface area contributed by atoms with Crippen LogP contribution >= 0.6 is 0 Å². The van der Waals surface area contributed by atoms with Gasteiger partial charge in [0, 0.05) is 18.3 Å². The highest BCUT2D eigenvalue weighted by Gasteiger charge is 2.16. The van der Waals surface area contributed by atoms with Crippen molar-refractivity contribution in [2.75, 3.05) is 0 Å². The molecule has 1 heterocycles. The van der Waals surface area contributed by atoms with Crippen molar-refractivity contribution >= 4 is 5.78 Å². The Hall–Kier alpha value is -1.18. The Morgan fingerprint density at radius 3 is 1.93 bits per heavy atom. The number of carbonyl (C=O) groups is 1. The van der Waals surface area contributed by atoms with Crippen molar-refractivity contribution in [3.05, 3.63) is 30.6 Å². The van der Waals surface area contributed by atoms with E-state index in [1.54, 1.807) is 19.3 Å². The molecule has 0 aliphatic heterocycles. The standard InChI is InChI=1S/C8H14O.C5H5N/c1-7(9)8-5-3-2-4-6-8;1-2-4-6-5-3-1/h8H,2-6H2,1H3;1-5H. The second kappa shape index (κ2) is 7.16. The summed E-state index contributed by atoms with van der Waals surface area (Å²) in [6.45, 7) is 1.72. The summed E-state index contributed by atoms with van der Waals surface area (Å²) in [5.41, 5.74) is 0. The van der Waals surface area contributed by atoms with E-state index in [-0.39, 0.29) is 0 Å². The number of aromatic nitrogens is 1. The lowest BCUT2D eigenvalue weighted by Crippen LogP contribution is -2.13. The molecule has 1 fully saturated rings. The first-order chi connectivity index (χ1) is 7.30. The fraction of sp³-hybridized carbons (Fsp3) is 0.538. The number of rotatable bonds is 1. The van der Waals surface area contributed by atoms with Gasteiger partial charge in [-0.3, -0.25) is 9.78 Å². The summed E-state index contributed by atoms with van der Waals surface area (Å²) in [6.07, 6.45) is 9.67. The molecule has 15 heavy (non-hydrogen) atoms. The van der Waals surface area contributed by atoms with Crippen LogP contribution in [0, 0.1) is 5.92 Å². The summed E-state index contributed by atoms with van der Waals surface area (Å²) in [7, 11) is 0. The van der Waals surface area contributed by atoms with Gasteiger partial charge >= 0.3 is 0 Å². The molecule has 0 N–H and O–H groups in total. The highest BCUT2D eigenvalue weighted by atomic mass is 16.1. The van der Waals surface area contributed by atoms with E-state index in [0.29, 0.717) is 11.7 Å². The maximum Gasteiger partial charge on any atom is 0.132 e. The predicted octanol–water partition coefficient (Wildman–Crippen LogP) is 3.24. The van der Waals surface area contributed by atoms with E-state index in [1.165, 1.54) is 19.3 Å². The van der Waals surface area contributed by atoms with Crippen LogP contribution in [-0.2, 0) is 4.79 Å². The number of ketones is 1. The molecule has 2 heteroatoms. The lowest BCUT2D eigenvalue weighted by Gasteiger charge is -2.17. The summed E-state index contributed by atoms with van der Waals surface area (Å²) in [5.74, 6) is 0.813. The Kier molecular flexibility index (Phi) is 5.67. The van der Waals surface area contributed by atoms with Crippen molar-refractivity contribution < 1.29 is 4.79 Å².